The zero-order valence-electron chi connectivity index (χ0n) is 16.9. The van der Waals surface area contributed by atoms with Crippen LogP contribution in [0.2, 0.25) is 0 Å². The molecule has 0 spiro atoms. The number of hydrogen-bond donors (Lipinski definition) is 1. The molecule has 1 aromatic carbocycles. The van der Waals surface area contributed by atoms with E-state index >= 15 is 4.39 Å². The smallest absolute Gasteiger partial charge is 0.344 e. The molecule has 0 amide bonds. The lowest BCUT2D eigenvalue weighted by atomic mass is 9.81. The van der Waals surface area contributed by atoms with Gasteiger partial charge in [-0.2, -0.15) is 0 Å². The van der Waals surface area contributed by atoms with Gasteiger partial charge in [0, 0.05) is 17.5 Å². The summed E-state index contributed by atoms with van der Waals surface area (Å²) in [5.74, 6) is -0.891. The maximum Gasteiger partial charge on any atom is 0.344 e. The van der Waals surface area contributed by atoms with Crippen LogP contribution in [0.15, 0.2) is 22.0 Å². The summed E-state index contributed by atoms with van der Waals surface area (Å²) in [6.07, 6.45) is 7.30. The van der Waals surface area contributed by atoms with Crippen molar-refractivity contribution in [3.8, 4) is 0 Å². The molecule has 0 saturated heterocycles. The molecule has 2 aliphatic carbocycles. The Hall–Kier alpha value is -1.86. The van der Waals surface area contributed by atoms with Crippen LogP contribution in [0.1, 0.15) is 73.3 Å². The number of carbonyl (C=O) groups excluding carboxylic acids is 1. The van der Waals surface area contributed by atoms with Crippen LogP contribution in [0, 0.1) is 5.82 Å². The molecule has 0 aliphatic heterocycles. The number of pyridine rings is 1. The van der Waals surface area contributed by atoms with Crippen molar-refractivity contribution in [3.63, 3.8) is 0 Å². The van der Waals surface area contributed by atoms with Crippen molar-refractivity contribution in [1.82, 2.24) is 4.57 Å². The van der Waals surface area contributed by atoms with Crippen molar-refractivity contribution in [2.45, 2.75) is 68.5 Å². The van der Waals surface area contributed by atoms with Gasteiger partial charge in [0.05, 0.1) is 17.1 Å². The number of rotatable bonds is 5. The maximum absolute atomic E-state index is 15.1. The summed E-state index contributed by atoms with van der Waals surface area (Å²) < 4.78 is 22.3. The van der Waals surface area contributed by atoms with Crippen LogP contribution in [0.25, 0.3) is 10.9 Å². The van der Waals surface area contributed by atoms with Crippen LogP contribution < -0.4 is 11.2 Å². The SMILES string of the molecule is CCOC(=O)c1c(SC)n(C2CC2)c2cc(C3CCC(N)CC3)c(F)cc2c1=O. The normalized spacial score (nSPS) is 22.1. The Kier molecular flexibility index (Phi) is 5.71. The van der Waals surface area contributed by atoms with Crippen molar-refractivity contribution in [2.24, 2.45) is 5.73 Å². The van der Waals surface area contributed by atoms with Gasteiger partial charge in [-0.25, -0.2) is 9.18 Å². The van der Waals surface area contributed by atoms with E-state index in [2.05, 4.69) is 4.57 Å². The minimum absolute atomic E-state index is 0.0227. The molecular weight excluding hydrogens is 391 g/mol. The Bertz CT molecular complexity index is 1010. The Morgan fingerprint density at radius 3 is 2.52 bits per heavy atom. The number of carbonyl (C=O) groups is 1. The van der Waals surface area contributed by atoms with Gasteiger partial charge in [-0.1, -0.05) is 0 Å². The van der Waals surface area contributed by atoms with E-state index < -0.39 is 11.4 Å². The Balaban J connectivity index is 1.94. The summed E-state index contributed by atoms with van der Waals surface area (Å²) in [6, 6.07) is 3.59. The van der Waals surface area contributed by atoms with Gasteiger partial charge in [0.25, 0.3) is 0 Å². The van der Waals surface area contributed by atoms with Gasteiger partial charge in [-0.15, -0.1) is 11.8 Å². The average molecular weight is 419 g/mol. The highest BCUT2D eigenvalue weighted by molar-refractivity contribution is 7.98. The van der Waals surface area contributed by atoms with Crippen molar-refractivity contribution in [2.75, 3.05) is 12.9 Å². The summed E-state index contributed by atoms with van der Waals surface area (Å²) in [7, 11) is 0. The number of nitrogens with zero attached hydrogens (tertiary/aromatic N) is 1. The number of fused-ring (bicyclic) bond motifs is 1. The number of hydrogen-bond acceptors (Lipinski definition) is 5. The zero-order chi connectivity index (χ0) is 20.7. The number of aromatic nitrogens is 1. The number of nitrogens with two attached hydrogens (primary N) is 1. The third-order valence-corrected chi connectivity index (χ3v) is 6.86. The monoisotopic (exact) mass is 418 g/mol. The van der Waals surface area contributed by atoms with Gasteiger partial charge in [-0.3, -0.25) is 4.79 Å². The van der Waals surface area contributed by atoms with Gasteiger partial charge >= 0.3 is 5.97 Å². The molecule has 2 N–H and O–H groups in total. The molecule has 2 fully saturated rings. The lowest BCUT2D eigenvalue weighted by molar-refractivity contribution is 0.0519. The highest BCUT2D eigenvalue weighted by Crippen LogP contribution is 2.42. The first-order valence-corrected chi connectivity index (χ1v) is 11.6. The van der Waals surface area contributed by atoms with Crippen LogP contribution in [0.3, 0.4) is 0 Å². The zero-order valence-corrected chi connectivity index (χ0v) is 17.7. The van der Waals surface area contributed by atoms with Crippen molar-refractivity contribution in [3.05, 3.63) is 39.3 Å². The van der Waals surface area contributed by atoms with Crippen LogP contribution in [0.4, 0.5) is 4.39 Å². The molecule has 4 rings (SSSR count). The predicted molar refractivity (Wildman–Crippen MR) is 113 cm³/mol. The fourth-order valence-electron chi connectivity index (χ4n) is 4.44. The fourth-order valence-corrected chi connectivity index (χ4v) is 5.27. The molecule has 2 saturated carbocycles. The highest BCUT2D eigenvalue weighted by atomic mass is 32.2. The third-order valence-electron chi connectivity index (χ3n) is 6.08. The maximum atomic E-state index is 15.1. The van der Waals surface area contributed by atoms with Gasteiger partial charge in [0.15, 0.2) is 0 Å². The van der Waals surface area contributed by atoms with Gasteiger partial charge in [0.2, 0.25) is 5.43 Å². The fraction of sp³-hybridized carbons (Fsp3) is 0.545. The summed E-state index contributed by atoms with van der Waals surface area (Å²) >= 11 is 1.37. The average Bonchev–Trinajstić information content (AvgIpc) is 3.53. The largest absolute Gasteiger partial charge is 0.462 e. The molecule has 29 heavy (non-hydrogen) atoms. The second-order valence-electron chi connectivity index (χ2n) is 8.04. The number of benzene rings is 1. The van der Waals surface area contributed by atoms with Crippen molar-refractivity contribution >= 4 is 28.6 Å². The van der Waals surface area contributed by atoms with Crippen LogP contribution in [0.5, 0.6) is 0 Å². The summed E-state index contributed by atoms with van der Waals surface area (Å²) in [4.78, 5) is 25.8. The number of thioether (sulfide) groups is 1. The minimum atomic E-state index is -0.635. The van der Waals surface area contributed by atoms with E-state index in [0.717, 1.165) is 44.0 Å². The van der Waals surface area contributed by atoms with Crippen LogP contribution in [-0.2, 0) is 4.74 Å². The Morgan fingerprint density at radius 1 is 1.24 bits per heavy atom. The first kappa shape index (κ1) is 20.4. The lowest BCUT2D eigenvalue weighted by Gasteiger charge is -2.27. The molecule has 2 aromatic rings. The molecule has 1 heterocycles. The minimum Gasteiger partial charge on any atom is -0.462 e. The quantitative estimate of drug-likeness (QED) is 0.577. The first-order chi connectivity index (χ1) is 14.0. The molecule has 7 heteroatoms. The Morgan fingerprint density at radius 2 is 1.93 bits per heavy atom. The first-order valence-electron chi connectivity index (χ1n) is 10.3. The van der Waals surface area contributed by atoms with E-state index in [1.54, 1.807) is 6.92 Å². The predicted octanol–water partition coefficient (Wildman–Crippen LogP) is 4.36. The number of esters is 1. The van der Waals surface area contributed by atoms with E-state index in [9.17, 15) is 9.59 Å². The molecule has 5 nitrogen and oxygen atoms in total. The second kappa shape index (κ2) is 8.11. The summed E-state index contributed by atoms with van der Waals surface area (Å²) in [6.45, 7) is 1.89. The summed E-state index contributed by atoms with van der Waals surface area (Å²) in [5.41, 5.74) is 6.98. The van der Waals surface area contributed by atoms with Crippen molar-refractivity contribution in [1.29, 1.82) is 0 Å². The number of halogens is 1. The second-order valence-corrected chi connectivity index (χ2v) is 8.83. The molecule has 0 atom stereocenters. The molecule has 156 valence electrons. The lowest BCUT2D eigenvalue weighted by Crippen LogP contribution is -2.26. The molecule has 1 aromatic heterocycles. The molecule has 2 aliphatic rings. The van der Waals surface area contributed by atoms with E-state index in [4.69, 9.17) is 10.5 Å². The van der Waals surface area contributed by atoms with Crippen molar-refractivity contribution < 1.29 is 13.9 Å². The van der Waals surface area contributed by atoms with Gasteiger partial charge in [0.1, 0.15) is 11.4 Å². The summed E-state index contributed by atoms with van der Waals surface area (Å²) in [5, 5.41) is 0.873. The van der Waals surface area contributed by atoms with Crippen LogP contribution in [-0.4, -0.2) is 29.4 Å². The molecule has 0 unspecified atom stereocenters. The highest BCUT2D eigenvalue weighted by Gasteiger charge is 2.33. The molecular formula is C22H27FN2O3S. The third kappa shape index (κ3) is 3.70. The van der Waals surface area contributed by atoms with E-state index in [1.165, 1.54) is 17.8 Å². The van der Waals surface area contributed by atoms with E-state index in [0.29, 0.717) is 10.6 Å². The standard InChI is InChI=1S/C22H27FN2O3S/c1-3-28-22(27)19-20(26)16-10-17(23)15(12-4-6-13(24)7-5-12)11-18(16)25(14-8-9-14)21(19)29-2/h10-14H,3-9,24H2,1-2H3. The molecule has 0 radical (unpaired) electrons. The van der Waals surface area contributed by atoms with Crippen LogP contribution >= 0.6 is 11.8 Å². The van der Waals surface area contributed by atoms with E-state index in [1.807, 2.05) is 12.3 Å². The molecule has 0 bridgehead atoms. The van der Waals surface area contributed by atoms with Gasteiger partial charge < -0.3 is 15.0 Å². The topological polar surface area (TPSA) is 74.3 Å². The van der Waals surface area contributed by atoms with E-state index in [-0.39, 0.29) is 41.4 Å². The number of ether oxygens (including phenoxy) is 1. The Labute approximate surface area is 173 Å². The van der Waals surface area contributed by atoms with Gasteiger partial charge in [-0.05, 0) is 75.3 Å².